The fourth-order valence-corrected chi connectivity index (χ4v) is 1.54. The Bertz CT molecular complexity index is 206. The van der Waals surface area contributed by atoms with Crippen molar-refractivity contribution in [2.24, 2.45) is 10.4 Å². The van der Waals surface area contributed by atoms with Crippen LogP contribution in [0.4, 0.5) is 0 Å². The molecule has 0 unspecified atom stereocenters. The molecule has 1 rings (SSSR count). The minimum Gasteiger partial charge on any atom is -0.266 e. The first-order valence-corrected chi connectivity index (χ1v) is 5.29. The van der Waals surface area contributed by atoms with E-state index in [1.807, 2.05) is 6.21 Å². The largest absolute Gasteiger partial charge is 0.266 e. The molecule has 0 N–H and O–H groups in total. The first-order chi connectivity index (χ1) is 6.08. The summed E-state index contributed by atoms with van der Waals surface area (Å²) >= 11 is 0. The van der Waals surface area contributed by atoms with Gasteiger partial charge in [0.15, 0.2) is 0 Å². The molecule has 0 spiro atoms. The van der Waals surface area contributed by atoms with E-state index in [0.29, 0.717) is 5.41 Å². The van der Waals surface area contributed by atoms with E-state index in [0.717, 1.165) is 6.42 Å². The summed E-state index contributed by atoms with van der Waals surface area (Å²) < 4.78 is 0. The van der Waals surface area contributed by atoms with Gasteiger partial charge in [-0.05, 0) is 24.7 Å². The molecule has 0 aromatic carbocycles. The van der Waals surface area contributed by atoms with Crippen LogP contribution in [0.1, 0.15) is 52.9 Å². The highest BCUT2D eigenvalue weighted by Crippen LogP contribution is 2.23. The van der Waals surface area contributed by atoms with Gasteiger partial charge < -0.3 is 0 Å². The van der Waals surface area contributed by atoms with E-state index in [1.54, 1.807) is 0 Å². The van der Waals surface area contributed by atoms with E-state index in [-0.39, 0.29) is 0 Å². The average Bonchev–Trinajstić information content (AvgIpc) is 2.48. The number of nitrogens with zero attached hydrogens (tertiary/aromatic N) is 1. The minimum atomic E-state index is 0.493. The van der Waals surface area contributed by atoms with Crippen LogP contribution in [0.2, 0.25) is 0 Å². The van der Waals surface area contributed by atoms with Crippen molar-refractivity contribution in [3.63, 3.8) is 0 Å². The summed E-state index contributed by atoms with van der Waals surface area (Å²) in [6, 6.07) is 0. The second kappa shape index (κ2) is 4.59. The third-order valence-corrected chi connectivity index (χ3v) is 2.33. The molecule has 13 heavy (non-hydrogen) atoms. The van der Waals surface area contributed by atoms with Crippen LogP contribution < -0.4 is 0 Å². The lowest BCUT2D eigenvalue weighted by molar-refractivity contribution is 0.360. The number of hydrogen-bond acceptors (Lipinski definition) is 1. The Hall–Kier alpha value is -0.590. The third-order valence-electron chi connectivity index (χ3n) is 2.33. The molecule has 1 heterocycles. The van der Waals surface area contributed by atoms with Gasteiger partial charge in [-0.1, -0.05) is 33.3 Å². The molecule has 0 bridgehead atoms. The van der Waals surface area contributed by atoms with Crippen LogP contribution in [0.3, 0.4) is 0 Å². The van der Waals surface area contributed by atoms with Crippen molar-refractivity contribution >= 4 is 6.21 Å². The highest BCUT2D eigenvalue weighted by molar-refractivity contribution is 5.64. The summed E-state index contributed by atoms with van der Waals surface area (Å²) in [5.74, 6) is 0. The molecule has 0 fully saturated rings. The third kappa shape index (κ3) is 4.87. The Morgan fingerprint density at radius 3 is 2.62 bits per heavy atom. The van der Waals surface area contributed by atoms with E-state index in [4.69, 9.17) is 0 Å². The van der Waals surface area contributed by atoms with Crippen molar-refractivity contribution in [1.82, 2.24) is 0 Å². The summed E-state index contributed by atoms with van der Waals surface area (Å²) in [5.41, 5.74) is 1.79. The van der Waals surface area contributed by atoms with Crippen LogP contribution >= 0.6 is 0 Å². The van der Waals surface area contributed by atoms with Crippen molar-refractivity contribution in [2.75, 3.05) is 0 Å². The molecule has 0 saturated heterocycles. The van der Waals surface area contributed by atoms with Crippen LogP contribution in [-0.4, -0.2) is 6.21 Å². The van der Waals surface area contributed by atoms with E-state index >= 15 is 0 Å². The van der Waals surface area contributed by atoms with Crippen molar-refractivity contribution in [1.29, 1.82) is 0 Å². The fourth-order valence-electron chi connectivity index (χ4n) is 1.54. The predicted octanol–water partition coefficient (Wildman–Crippen LogP) is 3.95. The van der Waals surface area contributed by atoms with Gasteiger partial charge >= 0.3 is 0 Å². The molecular weight excluding hydrogens is 158 g/mol. The van der Waals surface area contributed by atoms with Crippen LogP contribution in [0, 0.1) is 5.41 Å². The maximum absolute atomic E-state index is 4.31. The second-order valence-corrected chi connectivity index (χ2v) is 5.01. The van der Waals surface area contributed by atoms with E-state index < -0.39 is 0 Å². The lowest BCUT2D eigenvalue weighted by atomic mass is 9.89. The maximum atomic E-state index is 4.31. The first kappa shape index (κ1) is 10.5. The zero-order valence-corrected chi connectivity index (χ0v) is 9.14. The molecular formula is C12H21N. The molecule has 0 aromatic heterocycles. The number of aliphatic imine (C=N–C) groups is 1. The molecule has 0 aliphatic carbocycles. The Morgan fingerprint density at radius 1 is 1.31 bits per heavy atom. The highest BCUT2D eigenvalue weighted by atomic mass is 14.7. The maximum Gasteiger partial charge on any atom is 0.0363 e. The molecule has 0 aromatic rings. The number of unbranched alkanes of at least 4 members (excludes halogenated alkanes) is 1. The smallest absolute Gasteiger partial charge is 0.0363 e. The zero-order valence-electron chi connectivity index (χ0n) is 9.14. The normalized spacial score (nSPS) is 16.4. The van der Waals surface area contributed by atoms with Crippen molar-refractivity contribution < 1.29 is 0 Å². The van der Waals surface area contributed by atoms with E-state index in [9.17, 15) is 0 Å². The van der Waals surface area contributed by atoms with Crippen LogP contribution in [0.5, 0.6) is 0 Å². The van der Waals surface area contributed by atoms with Crippen molar-refractivity contribution in [3.8, 4) is 0 Å². The number of hydrogen-bond donors (Lipinski definition) is 0. The van der Waals surface area contributed by atoms with Gasteiger partial charge in [-0.2, -0.15) is 0 Å². The summed E-state index contributed by atoms with van der Waals surface area (Å²) in [5, 5.41) is 0. The van der Waals surface area contributed by atoms with Gasteiger partial charge in [0.05, 0.1) is 0 Å². The van der Waals surface area contributed by atoms with Gasteiger partial charge in [-0.15, -0.1) is 0 Å². The summed E-state index contributed by atoms with van der Waals surface area (Å²) in [7, 11) is 0. The average molecular weight is 179 g/mol. The Balaban J connectivity index is 2.04. The topological polar surface area (TPSA) is 12.4 Å². The molecule has 0 saturated carbocycles. The van der Waals surface area contributed by atoms with Gasteiger partial charge in [0.2, 0.25) is 0 Å². The molecule has 1 aliphatic heterocycles. The Morgan fingerprint density at radius 2 is 2.08 bits per heavy atom. The van der Waals surface area contributed by atoms with Crippen molar-refractivity contribution in [2.45, 2.75) is 52.9 Å². The Kier molecular flexibility index (Phi) is 3.71. The molecule has 1 aliphatic rings. The lowest BCUT2D eigenvalue weighted by Crippen LogP contribution is -2.03. The molecule has 1 heteroatoms. The fraction of sp³-hybridized carbons (Fsp3) is 0.750. The Labute approximate surface area is 82.0 Å². The minimum absolute atomic E-state index is 0.493. The standard InChI is InChI=1S/C12H21N/c1-12(2,3)9-5-4-7-11-8-6-10-13-11/h8,10H,4-7,9H2,1-3H3. The van der Waals surface area contributed by atoms with E-state index in [2.05, 4.69) is 31.8 Å². The lowest BCUT2D eigenvalue weighted by Gasteiger charge is -2.17. The molecule has 0 amide bonds. The zero-order chi connectivity index (χ0) is 9.73. The van der Waals surface area contributed by atoms with E-state index in [1.165, 1.54) is 31.4 Å². The summed E-state index contributed by atoms with van der Waals surface area (Å²) in [6.45, 7) is 6.92. The second-order valence-electron chi connectivity index (χ2n) is 5.01. The summed E-state index contributed by atoms with van der Waals surface area (Å²) in [4.78, 5) is 4.31. The number of rotatable bonds is 4. The van der Waals surface area contributed by atoms with Gasteiger partial charge in [-0.3, -0.25) is 4.99 Å². The molecule has 0 atom stereocenters. The molecule has 74 valence electrons. The SMILES string of the molecule is CC(C)(C)CCCCC1=CCC=N1. The van der Waals surface area contributed by atoms with Crippen molar-refractivity contribution in [3.05, 3.63) is 11.8 Å². The summed E-state index contributed by atoms with van der Waals surface area (Å²) in [6.07, 6.45) is 10.4. The van der Waals surface area contributed by atoms with Gasteiger partial charge in [0, 0.05) is 18.3 Å². The first-order valence-electron chi connectivity index (χ1n) is 5.29. The number of allylic oxidation sites excluding steroid dienone is 2. The van der Waals surface area contributed by atoms with Gasteiger partial charge in [0.25, 0.3) is 0 Å². The van der Waals surface area contributed by atoms with Crippen LogP contribution in [0.15, 0.2) is 16.8 Å². The molecule has 0 radical (unpaired) electrons. The highest BCUT2D eigenvalue weighted by Gasteiger charge is 2.09. The molecule has 1 nitrogen and oxygen atoms in total. The van der Waals surface area contributed by atoms with Gasteiger partial charge in [0.1, 0.15) is 0 Å². The van der Waals surface area contributed by atoms with Crippen LogP contribution in [0.25, 0.3) is 0 Å². The van der Waals surface area contributed by atoms with Gasteiger partial charge in [-0.25, -0.2) is 0 Å². The van der Waals surface area contributed by atoms with Crippen LogP contribution in [-0.2, 0) is 0 Å². The predicted molar refractivity (Wildman–Crippen MR) is 59.1 cm³/mol. The monoisotopic (exact) mass is 179 g/mol. The quantitative estimate of drug-likeness (QED) is 0.579.